The Morgan fingerprint density at radius 3 is 2.48 bits per heavy atom. The van der Waals surface area contributed by atoms with Crippen LogP contribution in [0, 0.1) is 0 Å². The molecule has 0 bridgehead atoms. The first-order valence-electron chi connectivity index (χ1n) is 10.6. The van der Waals surface area contributed by atoms with Gasteiger partial charge < -0.3 is 14.7 Å². The van der Waals surface area contributed by atoms with Crippen molar-refractivity contribution >= 4 is 5.91 Å². The number of carbonyl (C=O) groups is 1. The lowest BCUT2D eigenvalue weighted by molar-refractivity contribution is -0.148. The van der Waals surface area contributed by atoms with Gasteiger partial charge in [0.15, 0.2) is 0 Å². The first kappa shape index (κ1) is 19.9. The summed E-state index contributed by atoms with van der Waals surface area (Å²) in [5.41, 5.74) is 1.85. The molecule has 2 saturated heterocycles. The number of nitrogens with zero attached hydrogens (tertiary/aromatic N) is 2. The summed E-state index contributed by atoms with van der Waals surface area (Å²) in [6.45, 7) is 3.39. The molecule has 0 saturated carbocycles. The lowest BCUT2D eigenvalue weighted by atomic mass is 9.85. The second-order valence-corrected chi connectivity index (χ2v) is 8.06. The van der Waals surface area contributed by atoms with E-state index in [1.54, 1.807) is 0 Å². The summed E-state index contributed by atoms with van der Waals surface area (Å²) >= 11 is 0. The smallest absolute Gasteiger partial charge is 0.243 e. The van der Waals surface area contributed by atoms with Gasteiger partial charge in [-0.1, -0.05) is 48.5 Å². The number of likely N-dealkylation sites (tertiary alicyclic amines) is 2. The summed E-state index contributed by atoms with van der Waals surface area (Å²) < 4.78 is 6.14. The molecule has 2 aromatic rings. The molecule has 1 amide bonds. The van der Waals surface area contributed by atoms with E-state index in [4.69, 9.17) is 4.74 Å². The van der Waals surface area contributed by atoms with Gasteiger partial charge in [-0.25, -0.2) is 0 Å². The Morgan fingerprint density at radius 1 is 0.966 bits per heavy atom. The Kier molecular flexibility index (Phi) is 6.16. The van der Waals surface area contributed by atoms with Crippen LogP contribution in [0.3, 0.4) is 0 Å². The summed E-state index contributed by atoms with van der Waals surface area (Å²) in [6.07, 6.45) is 3.84. The normalized spacial score (nSPS) is 22.4. The second-order valence-electron chi connectivity index (χ2n) is 8.06. The number of rotatable bonds is 7. The van der Waals surface area contributed by atoms with Gasteiger partial charge in [-0.3, -0.25) is 9.69 Å². The Morgan fingerprint density at radius 2 is 1.69 bits per heavy atom. The Labute approximate surface area is 172 Å². The summed E-state index contributed by atoms with van der Waals surface area (Å²) in [7, 11) is 0. The second kappa shape index (κ2) is 8.97. The molecule has 2 heterocycles. The molecule has 1 atom stereocenters. The molecule has 0 aromatic heterocycles. The maximum Gasteiger partial charge on any atom is 0.243 e. The fourth-order valence-electron chi connectivity index (χ4n) is 4.81. The third kappa shape index (κ3) is 4.16. The van der Waals surface area contributed by atoms with Gasteiger partial charge in [0.05, 0.1) is 6.61 Å². The van der Waals surface area contributed by atoms with Crippen LogP contribution in [0.1, 0.15) is 36.8 Å². The third-order valence-corrected chi connectivity index (χ3v) is 6.27. The summed E-state index contributed by atoms with van der Waals surface area (Å²) in [4.78, 5) is 17.5. The number of para-hydroxylation sites is 1. The molecule has 4 rings (SSSR count). The average molecular weight is 395 g/mol. The van der Waals surface area contributed by atoms with Crippen LogP contribution >= 0.6 is 0 Å². The number of hydrogen-bond donors (Lipinski definition) is 1. The number of benzene rings is 2. The maximum atomic E-state index is 13.3. The predicted octanol–water partition coefficient (Wildman–Crippen LogP) is 3.21. The maximum absolute atomic E-state index is 13.3. The predicted molar refractivity (Wildman–Crippen MR) is 112 cm³/mol. The average Bonchev–Trinajstić information content (AvgIpc) is 3.15. The van der Waals surface area contributed by atoms with Gasteiger partial charge in [0.2, 0.25) is 5.91 Å². The SMILES string of the molecule is O=C1N(CCO)CCCC12CCCN2Cc1ccccc1OCc1ccccc1. The van der Waals surface area contributed by atoms with Crippen molar-refractivity contribution < 1.29 is 14.6 Å². The van der Waals surface area contributed by atoms with Gasteiger partial charge in [-0.05, 0) is 43.9 Å². The summed E-state index contributed by atoms with van der Waals surface area (Å²) in [5, 5.41) is 9.33. The van der Waals surface area contributed by atoms with E-state index in [0.717, 1.165) is 55.6 Å². The number of amides is 1. The van der Waals surface area contributed by atoms with Crippen LogP contribution in [0.5, 0.6) is 5.75 Å². The number of carbonyl (C=O) groups excluding carboxylic acids is 1. The third-order valence-electron chi connectivity index (χ3n) is 6.27. The lowest BCUT2D eigenvalue weighted by Crippen LogP contribution is -2.60. The number of β-amino-alcohol motifs (C(OH)–C–C–N with tert-alkyl or cyclic N) is 1. The number of hydrogen-bond acceptors (Lipinski definition) is 4. The molecule has 154 valence electrons. The minimum Gasteiger partial charge on any atom is -0.489 e. The Balaban J connectivity index is 1.50. The Bertz CT molecular complexity index is 824. The van der Waals surface area contributed by atoms with Crippen molar-refractivity contribution in [2.75, 3.05) is 26.2 Å². The first-order chi connectivity index (χ1) is 14.2. The minimum absolute atomic E-state index is 0.0258. The first-order valence-corrected chi connectivity index (χ1v) is 10.6. The van der Waals surface area contributed by atoms with E-state index >= 15 is 0 Å². The molecule has 5 nitrogen and oxygen atoms in total. The number of piperidine rings is 1. The fraction of sp³-hybridized carbons (Fsp3) is 0.458. The summed E-state index contributed by atoms with van der Waals surface area (Å²) in [5.74, 6) is 1.08. The van der Waals surface area contributed by atoms with Crippen LogP contribution in [0.2, 0.25) is 0 Å². The van der Waals surface area contributed by atoms with Gasteiger partial charge >= 0.3 is 0 Å². The highest BCUT2D eigenvalue weighted by Crippen LogP contribution is 2.40. The molecule has 2 fully saturated rings. The van der Waals surface area contributed by atoms with E-state index in [9.17, 15) is 9.90 Å². The molecular formula is C24H30N2O3. The van der Waals surface area contributed by atoms with Crippen molar-refractivity contribution in [2.24, 2.45) is 0 Å². The van der Waals surface area contributed by atoms with Crippen molar-refractivity contribution in [3.8, 4) is 5.75 Å². The van der Waals surface area contributed by atoms with E-state index < -0.39 is 5.54 Å². The minimum atomic E-state index is -0.417. The van der Waals surface area contributed by atoms with Crippen LogP contribution in [-0.2, 0) is 17.9 Å². The standard InChI is InChI=1S/C24H30N2O3/c27-17-16-25-14-6-12-24(23(25)28)13-7-15-26(24)18-21-10-4-5-11-22(21)29-19-20-8-2-1-3-9-20/h1-5,8-11,27H,6-7,12-19H2. The highest BCUT2D eigenvalue weighted by atomic mass is 16.5. The Hall–Kier alpha value is -2.37. The van der Waals surface area contributed by atoms with Crippen molar-refractivity contribution in [2.45, 2.75) is 44.4 Å². The van der Waals surface area contributed by atoms with Gasteiger partial charge in [-0.2, -0.15) is 0 Å². The fourth-order valence-corrected chi connectivity index (χ4v) is 4.81. The molecule has 29 heavy (non-hydrogen) atoms. The van der Waals surface area contributed by atoms with Crippen molar-refractivity contribution in [3.05, 3.63) is 65.7 Å². The zero-order chi connectivity index (χ0) is 20.1. The van der Waals surface area contributed by atoms with E-state index in [1.165, 1.54) is 0 Å². The van der Waals surface area contributed by atoms with Gasteiger partial charge in [0, 0.05) is 25.2 Å². The summed E-state index contributed by atoms with van der Waals surface area (Å²) in [6, 6.07) is 18.3. The van der Waals surface area contributed by atoms with E-state index in [2.05, 4.69) is 23.1 Å². The van der Waals surface area contributed by atoms with Crippen molar-refractivity contribution in [3.63, 3.8) is 0 Å². The van der Waals surface area contributed by atoms with Crippen LogP contribution in [0.4, 0.5) is 0 Å². The molecule has 1 N–H and O–H groups in total. The number of ether oxygens (including phenoxy) is 1. The largest absolute Gasteiger partial charge is 0.489 e. The van der Waals surface area contributed by atoms with Crippen LogP contribution < -0.4 is 4.74 Å². The van der Waals surface area contributed by atoms with E-state index in [1.807, 2.05) is 41.3 Å². The highest BCUT2D eigenvalue weighted by Gasteiger charge is 2.50. The van der Waals surface area contributed by atoms with Gasteiger partial charge in [0.25, 0.3) is 0 Å². The van der Waals surface area contributed by atoms with Crippen molar-refractivity contribution in [1.82, 2.24) is 9.80 Å². The van der Waals surface area contributed by atoms with Crippen LogP contribution in [-0.4, -0.2) is 52.6 Å². The molecule has 0 radical (unpaired) electrons. The molecule has 1 unspecified atom stereocenters. The molecule has 1 spiro atoms. The monoisotopic (exact) mass is 394 g/mol. The molecule has 2 aliphatic heterocycles. The van der Waals surface area contributed by atoms with E-state index in [0.29, 0.717) is 19.7 Å². The molecular weight excluding hydrogens is 364 g/mol. The van der Waals surface area contributed by atoms with E-state index in [-0.39, 0.29) is 12.5 Å². The lowest BCUT2D eigenvalue weighted by Gasteiger charge is -2.44. The van der Waals surface area contributed by atoms with Gasteiger partial charge in [0.1, 0.15) is 17.9 Å². The topological polar surface area (TPSA) is 53.0 Å². The number of aliphatic hydroxyl groups excluding tert-OH is 1. The quantitative estimate of drug-likeness (QED) is 0.784. The zero-order valence-corrected chi connectivity index (χ0v) is 16.9. The molecule has 2 aromatic carbocycles. The van der Waals surface area contributed by atoms with Crippen molar-refractivity contribution in [1.29, 1.82) is 0 Å². The van der Waals surface area contributed by atoms with Crippen LogP contribution in [0.15, 0.2) is 54.6 Å². The molecule has 2 aliphatic rings. The molecule has 0 aliphatic carbocycles. The highest BCUT2D eigenvalue weighted by molar-refractivity contribution is 5.87. The van der Waals surface area contributed by atoms with Crippen LogP contribution in [0.25, 0.3) is 0 Å². The van der Waals surface area contributed by atoms with Gasteiger partial charge in [-0.15, -0.1) is 0 Å². The zero-order valence-electron chi connectivity index (χ0n) is 16.9. The number of aliphatic hydroxyl groups is 1. The molecule has 5 heteroatoms.